The van der Waals surface area contributed by atoms with E-state index in [1.54, 1.807) is 18.2 Å². The third-order valence-corrected chi connectivity index (χ3v) is 3.02. The maximum atomic E-state index is 11.1. The van der Waals surface area contributed by atoms with Crippen molar-refractivity contribution in [3.05, 3.63) is 29.7 Å². The molecule has 1 N–H and O–H groups in total. The van der Waals surface area contributed by atoms with Crippen LogP contribution in [0.15, 0.2) is 22.6 Å². The van der Waals surface area contributed by atoms with E-state index in [1.807, 2.05) is 6.92 Å². The summed E-state index contributed by atoms with van der Waals surface area (Å²) in [5.74, 6) is 0.328. The molecule has 104 valence electrons. The molecule has 1 aliphatic heterocycles. The molecule has 0 fully saturated rings. The van der Waals surface area contributed by atoms with Gasteiger partial charge in [-0.15, -0.1) is 0 Å². The normalized spacial score (nSPS) is 13.2. The smallest absolute Gasteiger partial charge is 0.373 e. The number of nitrogens with zero attached hydrogens (tertiary/aromatic N) is 1. The highest BCUT2D eigenvalue weighted by Gasteiger charge is 2.20. The standard InChI is InChI=1S/C14H13NO5/c1-2-9-12(14(16)17)20-13(15-9)8-3-4-10-11(7-8)19-6-5-18-10/h3-4,7H,2,5-6H2,1H3,(H,16,17). The van der Waals surface area contributed by atoms with Gasteiger partial charge in [0, 0.05) is 5.56 Å². The molecule has 0 unspecified atom stereocenters. The van der Waals surface area contributed by atoms with Crippen LogP contribution in [0.4, 0.5) is 0 Å². The van der Waals surface area contributed by atoms with Crippen molar-refractivity contribution < 1.29 is 23.8 Å². The molecule has 6 nitrogen and oxygen atoms in total. The minimum atomic E-state index is -1.11. The quantitative estimate of drug-likeness (QED) is 0.926. The van der Waals surface area contributed by atoms with E-state index in [1.165, 1.54) is 0 Å². The fourth-order valence-corrected chi connectivity index (χ4v) is 2.06. The summed E-state index contributed by atoms with van der Waals surface area (Å²) in [7, 11) is 0. The SMILES string of the molecule is CCc1nc(-c2ccc3c(c2)OCCO3)oc1C(=O)O. The lowest BCUT2D eigenvalue weighted by atomic mass is 10.2. The molecular weight excluding hydrogens is 262 g/mol. The highest BCUT2D eigenvalue weighted by molar-refractivity contribution is 5.86. The second-order valence-electron chi connectivity index (χ2n) is 4.31. The van der Waals surface area contributed by atoms with Crippen LogP contribution in [-0.2, 0) is 6.42 Å². The van der Waals surface area contributed by atoms with E-state index in [4.69, 9.17) is 19.0 Å². The number of aromatic nitrogens is 1. The van der Waals surface area contributed by atoms with Gasteiger partial charge in [0.15, 0.2) is 11.5 Å². The number of benzene rings is 1. The molecule has 1 aliphatic rings. The van der Waals surface area contributed by atoms with Crippen LogP contribution < -0.4 is 9.47 Å². The molecule has 20 heavy (non-hydrogen) atoms. The predicted octanol–water partition coefficient (Wildman–Crippen LogP) is 2.37. The van der Waals surface area contributed by atoms with Crippen LogP contribution >= 0.6 is 0 Å². The van der Waals surface area contributed by atoms with Crippen molar-refractivity contribution >= 4 is 5.97 Å². The third kappa shape index (κ3) is 2.09. The molecule has 0 saturated heterocycles. The second kappa shape index (κ2) is 4.88. The second-order valence-corrected chi connectivity index (χ2v) is 4.31. The number of oxazole rings is 1. The molecule has 0 atom stereocenters. The van der Waals surface area contributed by atoms with Gasteiger partial charge in [-0.25, -0.2) is 9.78 Å². The van der Waals surface area contributed by atoms with Gasteiger partial charge in [-0.1, -0.05) is 6.92 Å². The highest BCUT2D eigenvalue weighted by Crippen LogP contribution is 2.34. The Morgan fingerprint density at radius 1 is 1.30 bits per heavy atom. The van der Waals surface area contributed by atoms with Crippen molar-refractivity contribution in [1.82, 2.24) is 4.98 Å². The van der Waals surface area contributed by atoms with Gasteiger partial charge in [-0.3, -0.25) is 0 Å². The number of carbonyl (C=O) groups is 1. The summed E-state index contributed by atoms with van der Waals surface area (Å²) in [5, 5.41) is 9.07. The van der Waals surface area contributed by atoms with Crippen molar-refractivity contribution in [2.45, 2.75) is 13.3 Å². The minimum absolute atomic E-state index is 0.114. The average Bonchev–Trinajstić information content (AvgIpc) is 2.91. The third-order valence-electron chi connectivity index (χ3n) is 3.02. The lowest BCUT2D eigenvalue weighted by Gasteiger charge is -2.18. The van der Waals surface area contributed by atoms with Gasteiger partial charge in [-0.05, 0) is 24.6 Å². The van der Waals surface area contributed by atoms with E-state index in [2.05, 4.69) is 4.98 Å². The zero-order chi connectivity index (χ0) is 14.1. The first-order chi connectivity index (χ1) is 9.69. The Labute approximate surface area is 115 Å². The van der Waals surface area contributed by atoms with Gasteiger partial charge < -0.3 is 19.0 Å². The highest BCUT2D eigenvalue weighted by atomic mass is 16.6. The number of rotatable bonds is 3. The Morgan fingerprint density at radius 2 is 2.05 bits per heavy atom. The van der Waals surface area contributed by atoms with Crippen LogP contribution in [-0.4, -0.2) is 29.3 Å². The molecule has 6 heteroatoms. The van der Waals surface area contributed by atoms with Gasteiger partial charge in [0.2, 0.25) is 11.7 Å². The van der Waals surface area contributed by atoms with E-state index in [-0.39, 0.29) is 11.7 Å². The Kier molecular flexibility index (Phi) is 3.06. The Morgan fingerprint density at radius 3 is 2.70 bits per heavy atom. The first kappa shape index (κ1) is 12.5. The molecule has 0 amide bonds. The van der Waals surface area contributed by atoms with Crippen LogP contribution in [0.2, 0.25) is 0 Å². The molecular formula is C14H13NO5. The Balaban J connectivity index is 2.02. The lowest BCUT2D eigenvalue weighted by molar-refractivity contribution is 0.0662. The van der Waals surface area contributed by atoms with Crippen molar-refractivity contribution in [2.24, 2.45) is 0 Å². The monoisotopic (exact) mass is 275 g/mol. The number of ether oxygens (including phenoxy) is 2. The van der Waals surface area contributed by atoms with Crippen LogP contribution in [0, 0.1) is 0 Å². The fourth-order valence-electron chi connectivity index (χ4n) is 2.06. The molecule has 0 aliphatic carbocycles. The van der Waals surface area contributed by atoms with Crippen LogP contribution in [0.3, 0.4) is 0 Å². The summed E-state index contributed by atoms with van der Waals surface area (Å²) in [5.41, 5.74) is 1.10. The molecule has 2 aromatic rings. The topological polar surface area (TPSA) is 81.8 Å². The van der Waals surface area contributed by atoms with Crippen LogP contribution in [0.1, 0.15) is 23.2 Å². The Hall–Kier alpha value is -2.50. The number of carboxylic acid groups (broad SMARTS) is 1. The largest absolute Gasteiger partial charge is 0.486 e. The minimum Gasteiger partial charge on any atom is -0.486 e. The first-order valence-electron chi connectivity index (χ1n) is 6.32. The lowest BCUT2D eigenvalue weighted by Crippen LogP contribution is -2.15. The van der Waals surface area contributed by atoms with Crippen molar-refractivity contribution in [1.29, 1.82) is 0 Å². The van der Waals surface area contributed by atoms with E-state index in [0.29, 0.717) is 42.4 Å². The number of hydrogen-bond acceptors (Lipinski definition) is 5. The van der Waals surface area contributed by atoms with Gasteiger partial charge in [0.25, 0.3) is 0 Å². The molecule has 0 spiro atoms. The van der Waals surface area contributed by atoms with Crippen molar-refractivity contribution in [2.75, 3.05) is 13.2 Å². The van der Waals surface area contributed by atoms with E-state index >= 15 is 0 Å². The average molecular weight is 275 g/mol. The summed E-state index contributed by atoms with van der Waals surface area (Å²) >= 11 is 0. The number of aromatic carboxylic acids is 1. The van der Waals surface area contributed by atoms with Crippen LogP contribution in [0.5, 0.6) is 11.5 Å². The number of carboxylic acids is 1. The predicted molar refractivity (Wildman–Crippen MR) is 69.3 cm³/mol. The molecule has 0 radical (unpaired) electrons. The number of aryl methyl sites for hydroxylation is 1. The number of fused-ring (bicyclic) bond motifs is 1. The van der Waals surface area contributed by atoms with Gasteiger partial charge >= 0.3 is 5.97 Å². The van der Waals surface area contributed by atoms with E-state index < -0.39 is 5.97 Å². The van der Waals surface area contributed by atoms with Crippen LogP contribution in [0.25, 0.3) is 11.5 Å². The first-order valence-corrected chi connectivity index (χ1v) is 6.32. The summed E-state index contributed by atoms with van der Waals surface area (Å²) in [6, 6.07) is 5.27. The summed E-state index contributed by atoms with van der Waals surface area (Å²) in [4.78, 5) is 15.3. The van der Waals surface area contributed by atoms with E-state index in [0.717, 1.165) is 0 Å². The molecule has 3 rings (SSSR count). The zero-order valence-corrected chi connectivity index (χ0v) is 10.9. The Bertz CT molecular complexity index is 662. The number of hydrogen-bond donors (Lipinski definition) is 1. The van der Waals surface area contributed by atoms with Gasteiger partial charge in [0.05, 0.1) is 5.69 Å². The van der Waals surface area contributed by atoms with Crippen molar-refractivity contribution in [3.63, 3.8) is 0 Å². The maximum absolute atomic E-state index is 11.1. The summed E-state index contributed by atoms with van der Waals surface area (Å²) in [6.07, 6.45) is 0.496. The molecule has 0 saturated carbocycles. The summed E-state index contributed by atoms with van der Waals surface area (Å²) < 4.78 is 16.3. The molecule has 1 aromatic carbocycles. The van der Waals surface area contributed by atoms with Gasteiger partial charge in [0.1, 0.15) is 13.2 Å². The molecule has 1 aromatic heterocycles. The maximum Gasteiger partial charge on any atom is 0.373 e. The van der Waals surface area contributed by atoms with E-state index in [9.17, 15) is 4.79 Å². The van der Waals surface area contributed by atoms with Gasteiger partial charge in [-0.2, -0.15) is 0 Å². The van der Waals surface area contributed by atoms with Crippen molar-refractivity contribution in [3.8, 4) is 23.0 Å². The zero-order valence-electron chi connectivity index (χ0n) is 10.9. The molecule has 2 heterocycles. The molecule has 0 bridgehead atoms. The fraction of sp³-hybridized carbons (Fsp3) is 0.286. The summed E-state index contributed by atoms with van der Waals surface area (Å²) in [6.45, 7) is 2.84.